The van der Waals surface area contributed by atoms with Crippen molar-refractivity contribution >= 4 is 0 Å². The first-order valence-corrected chi connectivity index (χ1v) is 5.25. The van der Waals surface area contributed by atoms with Crippen LogP contribution in [0.15, 0.2) is 11.6 Å². The molecular weight excluding hydrogens is 144 g/mol. The van der Waals surface area contributed by atoms with Gasteiger partial charge in [-0.15, -0.1) is 0 Å². The lowest BCUT2D eigenvalue weighted by atomic mass is 10.0. The van der Waals surface area contributed by atoms with E-state index in [1.807, 2.05) is 0 Å². The second kappa shape index (κ2) is 7.39. The van der Waals surface area contributed by atoms with Crippen LogP contribution in [0.4, 0.5) is 0 Å². The van der Waals surface area contributed by atoms with Crippen molar-refractivity contribution in [2.45, 2.75) is 52.9 Å². The van der Waals surface area contributed by atoms with Crippen LogP contribution < -0.4 is 0 Å². The predicted molar refractivity (Wildman–Crippen MR) is 57.0 cm³/mol. The van der Waals surface area contributed by atoms with Crippen molar-refractivity contribution in [3.05, 3.63) is 18.6 Å². The maximum atomic E-state index is 4.08. The molecule has 0 bridgehead atoms. The summed E-state index contributed by atoms with van der Waals surface area (Å²) in [7, 11) is 0. The minimum atomic E-state index is 0.614. The van der Waals surface area contributed by atoms with E-state index in [1.54, 1.807) is 5.57 Å². The summed E-state index contributed by atoms with van der Waals surface area (Å²) >= 11 is 0. The van der Waals surface area contributed by atoms with Gasteiger partial charge in [-0.1, -0.05) is 45.3 Å². The second-order valence-electron chi connectivity index (χ2n) is 3.48. The lowest BCUT2D eigenvalue weighted by Gasteiger charge is -2.06. The lowest BCUT2D eigenvalue weighted by Crippen LogP contribution is -1.90. The standard InChI is InChI=1S/C12H23/c1-5-8-12(7-3)10-9-11(4)6-2/h10-11H,4-9H2,1-3H3. The Balaban J connectivity index is 3.76. The maximum absolute atomic E-state index is 4.08. The molecule has 0 spiro atoms. The van der Waals surface area contributed by atoms with Crippen molar-refractivity contribution in [2.75, 3.05) is 0 Å². The Hall–Kier alpha value is -0.260. The molecule has 1 radical (unpaired) electrons. The van der Waals surface area contributed by atoms with Crippen LogP contribution in [0.5, 0.6) is 0 Å². The van der Waals surface area contributed by atoms with Crippen molar-refractivity contribution in [3.63, 3.8) is 0 Å². The van der Waals surface area contributed by atoms with Crippen LogP contribution in [-0.4, -0.2) is 0 Å². The molecule has 0 amide bonds. The zero-order valence-electron chi connectivity index (χ0n) is 8.90. The first kappa shape index (κ1) is 11.7. The van der Waals surface area contributed by atoms with Crippen molar-refractivity contribution < 1.29 is 0 Å². The molecule has 71 valence electrons. The molecule has 0 aromatic rings. The van der Waals surface area contributed by atoms with E-state index in [9.17, 15) is 0 Å². The Morgan fingerprint density at radius 1 is 1.33 bits per heavy atom. The molecule has 0 N–H and O–H groups in total. The van der Waals surface area contributed by atoms with E-state index < -0.39 is 0 Å². The van der Waals surface area contributed by atoms with Gasteiger partial charge in [-0.05, 0) is 32.1 Å². The summed E-state index contributed by atoms with van der Waals surface area (Å²) < 4.78 is 0. The van der Waals surface area contributed by atoms with E-state index in [-0.39, 0.29) is 0 Å². The van der Waals surface area contributed by atoms with E-state index in [0.717, 1.165) is 0 Å². The van der Waals surface area contributed by atoms with Crippen LogP contribution in [0.3, 0.4) is 0 Å². The van der Waals surface area contributed by atoms with E-state index >= 15 is 0 Å². The van der Waals surface area contributed by atoms with Crippen LogP contribution >= 0.6 is 0 Å². The van der Waals surface area contributed by atoms with Gasteiger partial charge in [0.2, 0.25) is 0 Å². The summed E-state index contributed by atoms with van der Waals surface area (Å²) in [6.07, 6.45) is 8.51. The second-order valence-corrected chi connectivity index (χ2v) is 3.48. The molecule has 0 aliphatic carbocycles. The van der Waals surface area contributed by atoms with Gasteiger partial charge in [-0.3, -0.25) is 0 Å². The summed E-state index contributed by atoms with van der Waals surface area (Å²) in [5.74, 6) is 0.614. The zero-order chi connectivity index (χ0) is 9.40. The normalized spacial score (nSPS) is 14.8. The largest absolute Gasteiger partial charge is 0.0851 e. The van der Waals surface area contributed by atoms with Gasteiger partial charge in [0.1, 0.15) is 0 Å². The SMILES string of the molecule is [CH2]C(CC)CC=C(CC)CCC. The topological polar surface area (TPSA) is 0 Å². The van der Waals surface area contributed by atoms with Gasteiger partial charge in [-0.25, -0.2) is 0 Å². The number of hydrogen-bond acceptors (Lipinski definition) is 0. The van der Waals surface area contributed by atoms with Crippen molar-refractivity contribution in [1.29, 1.82) is 0 Å². The molecular formula is C12H23. The molecule has 0 aliphatic heterocycles. The average molecular weight is 167 g/mol. The first-order chi connectivity index (χ1) is 5.74. The van der Waals surface area contributed by atoms with E-state index in [4.69, 9.17) is 0 Å². The minimum Gasteiger partial charge on any atom is -0.0851 e. The van der Waals surface area contributed by atoms with Crippen LogP contribution in [0.25, 0.3) is 0 Å². The van der Waals surface area contributed by atoms with Gasteiger partial charge in [0.15, 0.2) is 0 Å². The van der Waals surface area contributed by atoms with Crippen LogP contribution in [-0.2, 0) is 0 Å². The van der Waals surface area contributed by atoms with Crippen LogP contribution in [0, 0.1) is 12.8 Å². The molecule has 0 aromatic heterocycles. The lowest BCUT2D eigenvalue weighted by molar-refractivity contribution is 0.628. The molecule has 0 nitrogen and oxygen atoms in total. The summed E-state index contributed by atoms with van der Waals surface area (Å²) in [6.45, 7) is 10.8. The molecule has 0 heteroatoms. The van der Waals surface area contributed by atoms with Crippen LogP contribution in [0.2, 0.25) is 0 Å². The van der Waals surface area contributed by atoms with E-state index in [0.29, 0.717) is 5.92 Å². The fourth-order valence-electron chi connectivity index (χ4n) is 1.24. The third kappa shape index (κ3) is 5.40. The molecule has 0 aliphatic rings. The molecule has 0 fully saturated rings. The van der Waals surface area contributed by atoms with E-state index in [1.165, 1.54) is 32.1 Å². The highest BCUT2D eigenvalue weighted by molar-refractivity contribution is 5.01. The summed E-state index contributed by atoms with van der Waals surface area (Å²) in [4.78, 5) is 0. The number of hydrogen-bond donors (Lipinski definition) is 0. The molecule has 12 heavy (non-hydrogen) atoms. The Bertz CT molecular complexity index is 122. The summed E-state index contributed by atoms with van der Waals surface area (Å²) in [5, 5.41) is 0. The molecule has 0 heterocycles. The van der Waals surface area contributed by atoms with Gasteiger partial charge in [0.05, 0.1) is 0 Å². The maximum Gasteiger partial charge on any atom is -0.0320 e. The zero-order valence-corrected chi connectivity index (χ0v) is 8.90. The van der Waals surface area contributed by atoms with Gasteiger partial charge in [0.25, 0.3) is 0 Å². The molecule has 0 rings (SSSR count). The highest BCUT2D eigenvalue weighted by atomic mass is 14.0. The fourth-order valence-corrected chi connectivity index (χ4v) is 1.24. The number of rotatable bonds is 6. The highest BCUT2D eigenvalue weighted by Gasteiger charge is 1.97. The molecule has 1 atom stereocenters. The van der Waals surface area contributed by atoms with Gasteiger partial charge < -0.3 is 0 Å². The smallest absolute Gasteiger partial charge is 0.0320 e. The third-order valence-corrected chi connectivity index (χ3v) is 2.34. The average Bonchev–Trinajstić information content (AvgIpc) is 2.11. The molecule has 0 saturated carbocycles. The fraction of sp³-hybridized carbons (Fsp3) is 0.750. The Morgan fingerprint density at radius 2 is 2.00 bits per heavy atom. The highest BCUT2D eigenvalue weighted by Crippen LogP contribution is 2.14. The third-order valence-electron chi connectivity index (χ3n) is 2.34. The minimum absolute atomic E-state index is 0.614. The summed E-state index contributed by atoms with van der Waals surface area (Å²) in [5.41, 5.74) is 1.61. The first-order valence-electron chi connectivity index (χ1n) is 5.25. The Morgan fingerprint density at radius 3 is 2.42 bits per heavy atom. The van der Waals surface area contributed by atoms with Gasteiger partial charge >= 0.3 is 0 Å². The quantitative estimate of drug-likeness (QED) is 0.515. The number of allylic oxidation sites excluding steroid dienone is 2. The molecule has 0 saturated heterocycles. The van der Waals surface area contributed by atoms with Gasteiger partial charge in [-0.2, -0.15) is 0 Å². The summed E-state index contributed by atoms with van der Waals surface area (Å²) in [6, 6.07) is 0. The molecule has 0 aromatic carbocycles. The van der Waals surface area contributed by atoms with Crippen LogP contribution in [0.1, 0.15) is 52.9 Å². The van der Waals surface area contributed by atoms with Crippen molar-refractivity contribution in [2.24, 2.45) is 5.92 Å². The van der Waals surface area contributed by atoms with Crippen molar-refractivity contribution in [3.8, 4) is 0 Å². The predicted octanol–water partition coefficient (Wildman–Crippen LogP) is 4.37. The van der Waals surface area contributed by atoms with Crippen molar-refractivity contribution in [1.82, 2.24) is 0 Å². The van der Waals surface area contributed by atoms with E-state index in [2.05, 4.69) is 33.8 Å². The molecule has 1 unspecified atom stereocenters. The monoisotopic (exact) mass is 167 g/mol. The Labute approximate surface area is 78.1 Å². The van der Waals surface area contributed by atoms with Gasteiger partial charge in [0, 0.05) is 0 Å². The Kier molecular flexibility index (Phi) is 7.23.